The first-order chi connectivity index (χ1) is 9.60. The number of anilines is 3. The summed E-state index contributed by atoms with van der Waals surface area (Å²) in [6, 6.07) is 0.468. The second-order valence-corrected chi connectivity index (χ2v) is 5.72. The van der Waals surface area contributed by atoms with Gasteiger partial charge >= 0.3 is 0 Å². The van der Waals surface area contributed by atoms with E-state index in [0.29, 0.717) is 29.8 Å². The lowest BCUT2D eigenvalue weighted by atomic mass is 9.86. The number of hydrogen-bond acceptors (Lipinski definition) is 6. The summed E-state index contributed by atoms with van der Waals surface area (Å²) < 4.78 is 0. The fourth-order valence-electron chi connectivity index (χ4n) is 2.56. The van der Waals surface area contributed by atoms with Gasteiger partial charge in [-0.15, -0.1) is 0 Å². The molecule has 20 heavy (non-hydrogen) atoms. The molecule has 112 valence electrons. The van der Waals surface area contributed by atoms with Gasteiger partial charge in [-0.1, -0.05) is 19.8 Å². The van der Waals surface area contributed by atoms with Crippen molar-refractivity contribution in [3.05, 3.63) is 0 Å². The Hall–Kier alpha value is -1.59. The maximum Gasteiger partial charge on any atom is 0.231 e. The van der Waals surface area contributed by atoms with E-state index in [-0.39, 0.29) is 0 Å². The minimum Gasteiger partial charge on any atom is -0.354 e. The second kappa shape index (κ2) is 6.72. The van der Waals surface area contributed by atoms with Crippen molar-refractivity contribution in [1.82, 2.24) is 15.0 Å². The summed E-state index contributed by atoms with van der Waals surface area (Å²) in [6.45, 7) is 5.14. The van der Waals surface area contributed by atoms with Crippen molar-refractivity contribution >= 4 is 17.8 Å². The van der Waals surface area contributed by atoms with Crippen LogP contribution < -0.4 is 15.5 Å². The Morgan fingerprint density at radius 1 is 1.10 bits per heavy atom. The van der Waals surface area contributed by atoms with Crippen LogP contribution in [-0.2, 0) is 0 Å². The van der Waals surface area contributed by atoms with Crippen molar-refractivity contribution in [3.8, 4) is 0 Å². The third kappa shape index (κ3) is 3.71. The molecule has 0 amide bonds. The van der Waals surface area contributed by atoms with Gasteiger partial charge < -0.3 is 15.5 Å². The first kappa shape index (κ1) is 14.8. The van der Waals surface area contributed by atoms with Gasteiger partial charge in [0.1, 0.15) is 0 Å². The van der Waals surface area contributed by atoms with Gasteiger partial charge in [-0.05, 0) is 25.7 Å². The summed E-state index contributed by atoms with van der Waals surface area (Å²) >= 11 is 0. The predicted octanol–water partition coefficient (Wildman–Crippen LogP) is 2.36. The van der Waals surface area contributed by atoms with Crippen LogP contribution in [0.5, 0.6) is 0 Å². The molecule has 1 aliphatic carbocycles. The molecule has 0 radical (unpaired) electrons. The SMILES string of the molecule is CCNc1nc(NC2CCCCC2C)nc(N(C)C)n1. The monoisotopic (exact) mass is 278 g/mol. The first-order valence-electron chi connectivity index (χ1n) is 7.54. The van der Waals surface area contributed by atoms with Crippen LogP contribution >= 0.6 is 0 Å². The van der Waals surface area contributed by atoms with E-state index in [1.165, 1.54) is 25.7 Å². The molecule has 2 unspecified atom stereocenters. The molecule has 1 aromatic rings. The Balaban J connectivity index is 2.16. The average Bonchev–Trinajstić information content (AvgIpc) is 2.41. The van der Waals surface area contributed by atoms with Crippen LogP contribution in [0.25, 0.3) is 0 Å². The van der Waals surface area contributed by atoms with Crippen LogP contribution in [0.15, 0.2) is 0 Å². The molecule has 0 spiro atoms. The van der Waals surface area contributed by atoms with Crippen LogP contribution in [0.3, 0.4) is 0 Å². The van der Waals surface area contributed by atoms with Crippen LogP contribution in [0, 0.1) is 5.92 Å². The van der Waals surface area contributed by atoms with Crippen molar-refractivity contribution < 1.29 is 0 Å². The number of rotatable bonds is 5. The van der Waals surface area contributed by atoms with E-state index in [0.717, 1.165) is 6.54 Å². The molecule has 0 bridgehead atoms. The summed E-state index contributed by atoms with van der Waals surface area (Å²) in [4.78, 5) is 15.2. The van der Waals surface area contributed by atoms with E-state index in [1.54, 1.807) is 0 Å². The third-order valence-corrected chi connectivity index (χ3v) is 3.78. The highest BCUT2D eigenvalue weighted by atomic mass is 15.3. The van der Waals surface area contributed by atoms with Gasteiger partial charge in [0.2, 0.25) is 17.8 Å². The third-order valence-electron chi connectivity index (χ3n) is 3.78. The van der Waals surface area contributed by atoms with Gasteiger partial charge in [0, 0.05) is 26.7 Å². The lowest BCUT2D eigenvalue weighted by Gasteiger charge is -2.29. The molecule has 2 atom stereocenters. The van der Waals surface area contributed by atoms with E-state index in [4.69, 9.17) is 0 Å². The predicted molar refractivity (Wildman–Crippen MR) is 83.4 cm³/mol. The summed E-state index contributed by atoms with van der Waals surface area (Å²) in [5.41, 5.74) is 0. The zero-order valence-corrected chi connectivity index (χ0v) is 13.0. The zero-order chi connectivity index (χ0) is 14.5. The Morgan fingerprint density at radius 3 is 2.45 bits per heavy atom. The number of nitrogens with one attached hydrogen (secondary N) is 2. The van der Waals surface area contributed by atoms with Gasteiger partial charge in [0.15, 0.2) is 0 Å². The number of aromatic nitrogens is 3. The largest absolute Gasteiger partial charge is 0.354 e. The summed E-state index contributed by atoms with van der Waals surface area (Å²) in [5, 5.41) is 6.66. The molecule has 2 rings (SSSR count). The van der Waals surface area contributed by atoms with Crippen molar-refractivity contribution in [2.24, 2.45) is 5.92 Å². The maximum atomic E-state index is 4.50. The Labute approximate surface area is 121 Å². The molecule has 0 saturated heterocycles. The average molecular weight is 278 g/mol. The van der Waals surface area contributed by atoms with Crippen LogP contribution in [0.1, 0.15) is 39.5 Å². The molecular weight excluding hydrogens is 252 g/mol. The van der Waals surface area contributed by atoms with E-state index < -0.39 is 0 Å². The van der Waals surface area contributed by atoms with Crippen molar-refractivity contribution in [2.75, 3.05) is 36.2 Å². The molecule has 6 heteroatoms. The molecular formula is C14H26N6. The van der Waals surface area contributed by atoms with Crippen molar-refractivity contribution in [3.63, 3.8) is 0 Å². The van der Waals surface area contributed by atoms with Crippen LogP contribution in [0.2, 0.25) is 0 Å². The van der Waals surface area contributed by atoms with Gasteiger partial charge in [-0.3, -0.25) is 0 Å². The highest BCUT2D eigenvalue weighted by Gasteiger charge is 2.22. The standard InChI is InChI=1S/C14H26N6/c1-5-15-12-17-13(19-14(18-12)20(3)4)16-11-9-7-6-8-10(11)2/h10-11H,5-9H2,1-4H3,(H2,15,16,17,18,19). The summed E-state index contributed by atoms with van der Waals surface area (Å²) in [6.07, 6.45) is 5.10. The molecule has 1 heterocycles. The molecule has 0 aromatic carbocycles. The zero-order valence-electron chi connectivity index (χ0n) is 13.0. The van der Waals surface area contributed by atoms with Gasteiger partial charge in [-0.25, -0.2) is 0 Å². The van der Waals surface area contributed by atoms with E-state index in [2.05, 4.69) is 32.5 Å². The molecule has 6 nitrogen and oxygen atoms in total. The first-order valence-corrected chi connectivity index (χ1v) is 7.54. The van der Waals surface area contributed by atoms with Crippen LogP contribution in [0.4, 0.5) is 17.8 Å². The maximum absolute atomic E-state index is 4.50. The minimum absolute atomic E-state index is 0.468. The van der Waals surface area contributed by atoms with Gasteiger partial charge in [0.25, 0.3) is 0 Å². The van der Waals surface area contributed by atoms with Gasteiger partial charge in [0.05, 0.1) is 0 Å². The van der Waals surface area contributed by atoms with Crippen molar-refractivity contribution in [1.29, 1.82) is 0 Å². The fourth-order valence-corrected chi connectivity index (χ4v) is 2.56. The molecule has 1 fully saturated rings. The lowest BCUT2D eigenvalue weighted by Crippen LogP contribution is -2.31. The molecule has 2 N–H and O–H groups in total. The van der Waals surface area contributed by atoms with Gasteiger partial charge in [-0.2, -0.15) is 15.0 Å². The highest BCUT2D eigenvalue weighted by Crippen LogP contribution is 2.26. The Bertz CT molecular complexity index is 434. The smallest absolute Gasteiger partial charge is 0.231 e. The highest BCUT2D eigenvalue weighted by molar-refractivity contribution is 5.43. The van der Waals surface area contributed by atoms with Crippen molar-refractivity contribution in [2.45, 2.75) is 45.6 Å². The molecule has 1 aliphatic rings. The normalized spacial score (nSPS) is 22.4. The molecule has 1 saturated carbocycles. The molecule has 0 aliphatic heterocycles. The number of hydrogen-bond donors (Lipinski definition) is 2. The molecule has 1 aromatic heterocycles. The summed E-state index contributed by atoms with van der Waals surface area (Å²) in [7, 11) is 3.89. The van der Waals surface area contributed by atoms with E-state index >= 15 is 0 Å². The quantitative estimate of drug-likeness (QED) is 0.862. The Morgan fingerprint density at radius 2 is 1.80 bits per heavy atom. The fraction of sp³-hybridized carbons (Fsp3) is 0.786. The summed E-state index contributed by atoms with van der Waals surface area (Å²) in [5.74, 6) is 2.67. The lowest BCUT2D eigenvalue weighted by molar-refractivity contribution is 0.348. The second-order valence-electron chi connectivity index (χ2n) is 5.72. The van der Waals surface area contributed by atoms with E-state index in [1.807, 2.05) is 25.9 Å². The number of nitrogens with zero attached hydrogens (tertiary/aromatic N) is 4. The Kier molecular flexibility index (Phi) is 4.98. The van der Waals surface area contributed by atoms with E-state index in [9.17, 15) is 0 Å². The van der Waals surface area contributed by atoms with Crippen LogP contribution in [-0.4, -0.2) is 41.6 Å². The minimum atomic E-state index is 0.468. The topological polar surface area (TPSA) is 66.0 Å².